The molecule has 2 aromatic rings. The number of fused-ring (bicyclic) bond motifs is 1. The summed E-state index contributed by atoms with van der Waals surface area (Å²) in [4.78, 5) is 12.0. The lowest BCUT2D eigenvalue weighted by molar-refractivity contribution is -0.123. The first-order chi connectivity index (χ1) is 13.2. The second-order valence-corrected chi connectivity index (χ2v) is 6.46. The number of amides is 1. The molecule has 1 aromatic heterocycles. The van der Waals surface area contributed by atoms with Crippen LogP contribution in [0, 0.1) is 0 Å². The number of aromatic nitrogens is 2. The van der Waals surface area contributed by atoms with E-state index in [9.17, 15) is 4.79 Å². The summed E-state index contributed by atoms with van der Waals surface area (Å²) >= 11 is 0. The molecule has 1 aliphatic rings. The van der Waals surface area contributed by atoms with Crippen molar-refractivity contribution in [2.24, 2.45) is 0 Å². The summed E-state index contributed by atoms with van der Waals surface area (Å²) in [7, 11) is 1.61. The van der Waals surface area contributed by atoms with Gasteiger partial charge in [0.05, 0.1) is 26.0 Å². The van der Waals surface area contributed by atoms with E-state index in [1.807, 2.05) is 0 Å². The Bertz CT molecular complexity index is 755. The van der Waals surface area contributed by atoms with Crippen molar-refractivity contribution in [1.82, 2.24) is 15.1 Å². The van der Waals surface area contributed by atoms with Crippen LogP contribution in [0.2, 0.25) is 0 Å². The van der Waals surface area contributed by atoms with Crippen LogP contribution in [-0.2, 0) is 35.5 Å². The van der Waals surface area contributed by atoms with Crippen molar-refractivity contribution in [3.05, 3.63) is 41.2 Å². The minimum atomic E-state index is -0.149. The molecule has 146 valence electrons. The van der Waals surface area contributed by atoms with Crippen LogP contribution >= 0.6 is 0 Å². The zero-order chi connectivity index (χ0) is 19.1. The number of hydrogen-bond donors (Lipinski definition) is 1. The molecule has 1 amide bonds. The number of carbonyl (C=O) groups excluding carboxylic acids is 1. The Morgan fingerprint density at radius 2 is 2.07 bits per heavy atom. The number of carbonyl (C=O) groups is 1. The second-order valence-electron chi connectivity index (χ2n) is 6.46. The van der Waals surface area contributed by atoms with Gasteiger partial charge in [-0.15, -0.1) is 0 Å². The first-order valence-electron chi connectivity index (χ1n) is 9.40. The fourth-order valence-corrected chi connectivity index (χ4v) is 3.17. The molecule has 7 heteroatoms. The maximum Gasteiger partial charge on any atom is 0.257 e. The van der Waals surface area contributed by atoms with Gasteiger partial charge in [0, 0.05) is 37.2 Å². The SMILES string of the molecule is CCCn1nc(CCNC(=O)COc2ccc(OC)cc2)c2c1CCOC2. The van der Waals surface area contributed by atoms with Crippen LogP contribution in [0.5, 0.6) is 11.5 Å². The van der Waals surface area contributed by atoms with Gasteiger partial charge in [0.1, 0.15) is 11.5 Å². The zero-order valence-corrected chi connectivity index (χ0v) is 16.0. The highest BCUT2D eigenvalue weighted by Gasteiger charge is 2.20. The van der Waals surface area contributed by atoms with Gasteiger partial charge in [0.2, 0.25) is 0 Å². The Hall–Kier alpha value is -2.54. The number of benzene rings is 1. The highest BCUT2D eigenvalue weighted by atomic mass is 16.5. The molecule has 0 unspecified atom stereocenters. The lowest BCUT2D eigenvalue weighted by Crippen LogP contribution is -2.30. The van der Waals surface area contributed by atoms with Gasteiger partial charge in [-0.2, -0.15) is 5.10 Å². The van der Waals surface area contributed by atoms with Crippen LogP contribution in [0.1, 0.15) is 30.3 Å². The molecule has 27 heavy (non-hydrogen) atoms. The largest absolute Gasteiger partial charge is 0.497 e. The van der Waals surface area contributed by atoms with E-state index < -0.39 is 0 Å². The highest BCUT2D eigenvalue weighted by molar-refractivity contribution is 5.77. The quantitative estimate of drug-likeness (QED) is 0.729. The molecule has 1 aromatic carbocycles. The van der Waals surface area contributed by atoms with Gasteiger partial charge in [0.25, 0.3) is 5.91 Å². The molecule has 0 spiro atoms. The van der Waals surface area contributed by atoms with E-state index in [1.54, 1.807) is 31.4 Å². The summed E-state index contributed by atoms with van der Waals surface area (Å²) in [5.74, 6) is 1.24. The molecule has 0 saturated heterocycles. The molecule has 1 aliphatic heterocycles. The maximum atomic E-state index is 12.0. The van der Waals surface area contributed by atoms with Gasteiger partial charge < -0.3 is 19.5 Å². The summed E-state index contributed by atoms with van der Waals surface area (Å²) in [6, 6.07) is 7.15. The van der Waals surface area contributed by atoms with Gasteiger partial charge in [-0.1, -0.05) is 6.92 Å². The monoisotopic (exact) mass is 373 g/mol. The van der Waals surface area contributed by atoms with E-state index in [2.05, 4.69) is 16.9 Å². The van der Waals surface area contributed by atoms with Crippen LogP contribution in [0.4, 0.5) is 0 Å². The van der Waals surface area contributed by atoms with E-state index in [0.29, 0.717) is 25.3 Å². The zero-order valence-electron chi connectivity index (χ0n) is 16.0. The minimum Gasteiger partial charge on any atom is -0.497 e. The van der Waals surface area contributed by atoms with Gasteiger partial charge in [-0.3, -0.25) is 9.48 Å². The van der Waals surface area contributed by atoms with Crippen molar-refractivity contribution in [2.75, 3.05) is 26.9 Å². The maximum absolute atomic E-state index is 12.0. The fourth-order valence-electron chi connectivity index (χ4n) is 3.17. The van der Waals surface area contributed by atoms with E-state index >= 15 is 0 Å². The van der Waals surface area contributed by atoms with E-state index in [-0.39, 0.29) is 12.5 Å². The highest BCUT2D eigenvalue weighted by Crippen LogP contribution is 2.21. The fraction of sp³-hybridized carbons (Fsp3) is 0.500. The number of aryl methyl sites for hydroxylation is 1. The molecule has 7 nitrogen and oxygen atoms in total. The first-order valence-corrected chi connectivity index (χ1v) is 9.40. The number of hydrogen-bond acceptors (Lipinski definition) is 5. The average molecular weight is 373 g/mol. The van der Waals surface area contributed by atoms with Gasteiger partial charge in [-0.05, 0) is 30.7 Å². The lowest BCUT2D eigenvalue weighted by atomic mass is 10.1. The molecule has 1 N–H and O–H groups in total. The Morgan fingerprint density at radius 1 is 1.30 bits per heavy atom. The number of methoxy groups -OCH3 is 1. The predicted molar refractivity (Wildman–Crippen MR) is 101 cm³/mol. The molecule has 0 fully saturated rings. The van der Waals surface area contributed by atoms with Crippen molar-refractivity contribution in [3.63, 3.8) is 0 Å². The van der Waals surface area contributed by atoms with Crippen LogP contribution in [0.25, 0.3) is 0 Å². The topological polar surface area (TPSA) is 74.6 Å². The van der Waals surface area contributed by atoms with Crippen molar-refractivity contribution >= 4 is 5.91 Å². The van der Waals surface area contributed by atoms with E-state index in [4.69, 9.17) is 19.3 Å². The van der Waals surface area contributed by atoms with Crippen molar-refractivity contribution in [1.29, 1.82) is 0 Å². The predicted octanol–water partition coefficient (Wildman–Crippen LogP) is 2.11. The van der Waals surface area contributed by atoms with E-state index in [0.717, 1.165) is 37.4 Å². The summed E-state index contributed by atoms with van der Waals surface area (Å²) in [5, 5.41) is 7.62. The number of rotatable bonds is 9. The Labute approximate surface area is 159 Å². The van der Waals surface area contributed by atoms with E-state index in [1.165, 1.54) is 11.3 Å². The van der Waals surface area contributed by atoms with Crippen LogP contribution in [0.15, 0.2) is 24.3 Å². The number of ether oxygens (including phenoxy) is 3. The van der Waals surface area contributed by atoms with Crippen molar-refractivity contribution in [2.45, 2.75) is 39.3 Å². The molecular weight excluding hydrogens is 346 g/mol. The Balaban J connectivity index is 1.47. The Kier molecular flexibility index (Phi) is 6.70. The molecular formula is C20H27N3O4. The second kappa shape index (κ2) is 9.41. The summed E-state index contributed by atoms with van der Waals surface area (Å²) in [6.45, 7) is 4.95. The smallest absolute Gasteiger partial charge is 0.257 e. The number of nitrogens with one attached hydrogen (secondary N) is 1. The van der Waals surface area contributed by atoms with Crippen molar-refractivity contribution in [3.8, 4) is 11.5 Å². The first kappa shape index (κ1) is 19.2. The average Bonchev–Trinajstić information content (AvgIpc) is 3.05. The molecule has 0 bridgehead atoms. The standard InChI is InChI=1S/C20H27N3O4/c1-3-11-23-19-9-12-26-13-17(19)18(22-23)8-10-21-20(24)14-27-16-6-4-15(25-2)5-7-16/h4-7H,3,8-14H2,1-2H3,(H,21,24). The van der Waals surface area contributed by atoms with Crippen LogP contribution in [0.3, 0.4) is 0 Å². The molecule has 2 heterocycles. The van der Waals surface area contributed by atoms with Gasteiger partial charge >= 0.3 is 0 Å². The summed E-state index contributed by atoms with van der Waals surface area (Å²) < 4.78 is 18.3. The molecule has 0 aliphatic carbocycles. The summed E-state index contributed by atoms with van der Waals surface area (Å²) in [6.07, 6.45) is 2.65. The molecule has 0 saturated carbocycles. The third kappa shape index (κ3) is 5.01. The molecule has 0 atom stereocenters. The van der Waals surface area contributed by atoms with Gasteiger partial charge in [0.15, 0.2) is 6.61 Å². The third-order valence-electron chi connectivity index (χ3n) is 4.53. The van der Waals surface area contributed by atoms with Gasteiger partial charge in [-0.25, -0.2) is 0 Å². The van der Waals surface area contributed by atoms with Crippen molar-refractivity contribution < 1.29 is 19.0 Å². The number of nitrogens with zero attached hydrogens (tertiary/aromatic N) is 2. The molecule has 0 radical (unpaired) electrons. The normalized spacial score (nSPS) is 13.1. The minimum absolute atomic E-state index is 0.0160. The Morgan fingerprint density at radius 3 is 2.81 bits per heavy atom. The van der Waals surface area contributed by atoms with Crippen LogP contribution < -0.4 is 14.8 Å². The molecule has 3 rings (SSSR count). The summed E-state index contributed by atoms with van der Waals surface area (Å²) in [5.41, 5.74) is 3.50. The van der Waals surface area contributed by atoms with Crippen LogP contribution in [-0.4, -0.2) is 42.6 Å². The third-order valence-corrected chi connectivity index (χ3v) is 4.53. The lowest BCUT2D eigenvalue weighted by Gasteiger charge is -2.15.